The molecule has 0 radical (unpaired) electrons. The molecule has 8 heteroatoms. The van der Waals surface area contributed by atoms with Gasteiger partial charge in [0.05, 0.1) is 12.0 Å². The van der Waals surface area contributed by atoms with Gasteiger partial charge in [-0.3, -0.25) is 0 Å². The average Bonchev–Trinajstić information content (AvgIpc) is 2.57. The summed E-state index contributed by atoms with van der Waals surface area (Å²) in [6.45, 7) is 1.76. The smallest absolute Gasteiger partial charge is 0.242 e. The van der Waals surface area contributed by atoms with E-state index in [0.717, 1.165) is 11.4 Å². The molecule has 0 fully saturated rings. The van der Waals surface area contributed by atoms with Gasteiger partial charge in [0.2, 0.25) is 10.0 Å². The Hall–Kier alpha value is -2.16. The minimum absolute atomic E-state index is 0.245. The second-order valence-electron chi connectivity index (χ2n) is 5.58. The van der Waals surface area contributed by atoms with Gasteiger partial charge in [-0.2, -0.15) is 0 Å². The van der Waals surface area contributed by atoms with Crippen molar-refractivity contribution in [3.8, 4) is 5.75 Å². The molecule has 0 bridgehead atoms. The highest BCUT2D eigenvalue weighted by molar-refractivity contribution is 7.89. The highest BCUT2D eigenvalue weighted by Gasteiger charge is 2.20. The van der Waals surface area contributed by atoms with Crippen LogP contribution in [0.15, 0.2) is 47.4 Å². The number of hydrogen-bond acceptors (Lipinski definition) is 4. The zero-order chi connectivity index (χ0) is 18.6. The fourth-order valence-electron chi connectivity index (χ4n) is 2.12. The zero-order valence-corrected chi connectivity index (χ0v) is 16.2. The van der Waals surface area contributed by atoms with Gasteiger partial charge >= 0.3 is 0 Å². The maximum atomic E-state index is 12.4. The SMILES string of the molecule is COc1ccc(NC(=S)Nc2ccc(C)c(S(=O)(=O)N(C)C)c2)cc1. The number of methoxy groups -OCH3 is 1. The largest absolute Gasteiger partial charge is 0.497 e. The number of ether oxygens (including phenoxy) is 1. The van der Waals surface area contributed by atoms with Crippen LogP contribution in [0.4, 0.5) is 11.4 Å². The van der Waals surface area contributed by atoms with E-state index in [2.05, 4.69) is 10.6 Å². The number of anilines is 2. The summed E-state index contributed by atoms with van der Waals surface area (Å²) in [6, 6.07) is 12.4. The third-order valence-corrected chi connectivity index (χ3v) is 5.71. The number of hydrogen-bond donors (Lipinski definition) is 2. The molecule has 0 spiro atoms. The Balaban J connectivity index is 2.15. The second-order valence-corrected chi connectivity index (χ2v) is 8.10. The summed E-state index contributed by atoms with van der Waals surface area (Å²) < 4.78 is 31.1. The molecule has 0 heterocycles. The molecule has 0 atom stereocenters. The number of benzene rings is 2. The third kappa shape index (κ3) is 4.68. The lowest BCUT2D eigenvalue weighted by molar-refractivity contribution is 0.415. The molecule has 0 saturated heterocycles. The topological polar surface area (TPSA) is 70.7 Å². The van der Waals surface area contributed by atoms with Gasteiger partial charge in [0.25, 0.3) is 0 Å². The maximum Gasteiger partial charge on any atom is 0.242 e. The molecular weight excluding hydrogens is 358 g/mol. The van der Waals surface area contributed by atoms with Gasteiger partial charge in [-0.25, -0.2) is 12.7 Å². The van der Waals surface area contributed by atoms with E-state index in [1.165, 1.54) is 18.4 Å². The third-order valence-electron chi connectivity index (χ3n) is 3.55. The summed E-state index contributed by atoms with van der Waals surface area (Å²) in [7, 11) is 1.10. The lowest BCUT2D eigenvalue weighted by Crippen LogP contribution is -2.24. The van der Waals surface area contributed by atoms with Crippen LogP contribution in [-0.4, -0.2) is 39.0 Å². The summed E-state index contributed by atoms with van der Waals surface area (Å²) >= 11 is 5.29. The van der Waals surface area contributed by atoms with E-state index in [1.54, 1.807) is 32.2 Å². The van der Waals surface area contributed by atoms with Gasteiger partial charge < -0.3 is 15.4 Å². The normalized spacial score (nSPS) is 11.2. The van der Waals surface area contributed by atoms with Crippen molar-refractivity contribution >= 4 is 38.7 Å². The Morgan fingerprint density at radius 3 is 2.16 bits per heavy atom. The fourth-order valence-corrected chi connectivity index (χ4v) is 3.50. The van der Waals surface area contributed by atoms with E-state index >= 15 is 0 Å². The Bertz CT molecular complexity index is 863. The van der Waals surface area contributed by atoms with Crippen molar-refractivity contribution < 1.29 is 13.2 Å². The Labute approximate surface area is 153 Å². The van der Waals surface area contributed by atoms with Gasteiger partial charge in [-0.15, -0.1) is 0 Å². The van der Waals surface area contributed by atoms with Crippen molar-refractivity contribution in [2.75, 3.05) is 31.8 Å². The van der Waals surface area contributed by atoms with Crippen LogP contribution in [0.2, 0.25) is 0 Å². The average molecular weight is 380 g/mol. The number of sulfonamides is 1. The molecular formula is C17H21N3O3S2. The van der Waals surface area contributed by atoms with Crippen molar-refractivity contribution in [3.63, 3.8) is 0 Å². The number of nitrogens with one attached hydrogen (secondary N) is 2. The fraction of sp³-hybridized carbons (Fsp3) is 0.235. The Morgan fingerprint density at radius 1 is 1.04 bits per heavy atom. The first-order chi connectivity index (χ1) is 11.7. The van der Waals surface area contributed by atoms with Crippen LogP contribution in [0.5, 0.6) is 5.75 Å². The first-order valence-corrected chi connectivity index (χ1v) is 9.34. The first kappa shape index (κ1) is 19.2. The van der Waals surface area contributed by atoms with Gasteiger partial charge in [0.1, 0.15) is 5.75 Å². The highest BCUT2D eigenvalue weighted by Crippen LogP contribution is 2.23. The lowest BCUT2D eigenvalue weighted by Gasteiger charge is -2.16. The second kappa shape index (κ2) is 7.81. The van der Waals surface area contributed by atoms with E-state index in [1.807, 2.05) is 24.3 Å². The van der Waals surface area contributed by atoms with Gasteiger partial charge in [0, 0.05) is 25.5 Å². The van der Waals surface area contributed by atoms with Crippen molar-refractivity contribution in [2.24, 2.45) is 0 Å². The summed E-state index contributed by atoms with van der Waals surface area (Å²) in [5.41, 5.74) is 2.07. The molecule has 2 rings (SSSR count). The molecule has 2 aromatic rings. The van der Waals surface area contributed by atoms with Crippen molar-refractivity contribution in [3.05, 3.63) is 48.0 Å². The summed E-state index contributed by atoms with van der Waals surface area (Å²) in [5.74, 6) is 0.751. The molecule has 6 nitrogen and oxygen atoms in total. The molecule has 25 heavy (non-hydrogen) atoms. The van der Waals surface area contributed by atoms with E-state index < -0.39 is 10.0 Å². The summed E-state index contributed by atoms with van der Waals surface area (Å²) in [6.07, 6.45) is 0. The quantitative estimate of drug-likeness (QED) is 0.778. The summed E-state index contributed by atoms with van der Waals surface area (Å²) in [4.78, 5) is 0.245. The first-order valence-electron chi connectivity index (χ1n) is 7.49. The van der Waals surface area contributed by atoms with Crippen LogP contribution < -0.4 is 15.4 Å². The van der Waals surface area contributed by atoms with Gasteiger partial charge in [-0.1, -0.05) is 6.07 Å². The lowest BCUT2D eigenvalue weighted by atomic mass is 10.2. The summed E-state index contributed by atoms with van der Waals surface area (Å²) in [5, 5.41) is 6.41. The van der Waals surface area contributed by atoms with Crippen LogP contribution in [0.25, 0.3) is 0 Å². The predicted octanol–water partition coefficient (Wildman–Crippen LogP) is 3.06. The molecule has 0 amide bonds. The maximum absolute atomic E-state index is 12.4. The minimum Gasteiger partial charge on any atom is -0.497 e. The standard InChI is InChI=1S/C17H21N3O3S2/c1-12-5-6-14(11-16(12)25(21,22)20(2)3)19-17(24)18-13-7-9-15(23-4)10-8-13/h5-11H,1-4H3,(H2,18,19,24). The minimum atomic E-state index is -3.52. The highest BCUT2D eigenvalue weighted by atomic mass is 32.2. The van der Waals surface area contributed by atoms with Crippen LogP contribution in [0.1, 0.15) is 5.56 Å². The molecule has 0 aliphatic rings. The van der Waals surface area contributed by atoms with Crippen molar-refractivity contribution in [1.82, 2.24) is 4.31 Å². The molecule has 2 N–H and O–H groups in total. The molecule has 0 saturated carbocycles. The van der Waals surface area contributed by atoms with Crippen molar-refractivity contribution in [1.29, 1.82) is 0 Å². The van der Waals surface area contributed by atoms with Gasteiger partial charge in [0.15, 0.2) is 5.11 Å². The van der Waals surface area contributed by atoms with E-state index in [4.69, 9.17) is 17.0 Å². The molecule has 134 valence electrons. The van der Waals surface area contributed by atoms with Crippen LogP contribution in [0, 0.1) is 6.92 Å². The Kier molecular flexibility index (Phi) is 5.99. The number of aryl methyl sites for hydroxylation is 1. The van der Waals surface area contributed by atoms with Crippen LogP contribution in [-0.2, 0) is 10.0 Å². The molecule has 2 aromatic carbocycles. The zero-order valence-electron chi connectivity index (χ0n) is 14.5. The van der Waals surface area contributed by atoms with E-state index in [0.29, 0.717) is 16.4 Å². The van der Waals surface area contributed by atoms with E-state index in [9.17, 15) is 8.42 Å². The molecule has 0 aromatic heterocycles. The van der Waals surface area contributed by atoms with Crippen LogP contribution >= 0.6 is 12.2 Å². The molecule has 0 unspecified atom stereocenters. The molecule has 0 aliphatic carbocycles. The Morgan fingerprint density at radius 2 is 1.60 bits per heavy atom. The monoisotopic (exact) mass is 379 g/mol. The number of nitrogens with zero attached hydrogens (tertiary/aromatic N) is 1. The van der Waals surface area contributed by atoms with Crippen molar-refractivity contribution in [2.45, 2.75) is 11.8 Å². The van der Waals surface area contributed by atoms with Gasteiger partial charge in [-0.05, 0) is 61.1 Å². The number of rotatable bonds is 5. The molecule has 0 aliphatic heterocycles. The predicted molar refractivity (Wildman–Crippen MR) is 105 cm³/mol. The number of thiocarbonyl (C=S) groups is 1. The van der Waals surface area contributed by atoms with Crippen LogP contribution in [0.3, 0.4) is 0 Å². The van der Waals surface area contributed by atoms with E-state index in [-0.39, 0.29) is 4.90 Å².